The minimum atomic E-state index is -0.136. The van der Waals surface area contributed by atoms with Gasteiger partial charge in [0.1, 0.15) is 17.6 Å². The molecule has 0 bridgehead atoms. The standard InChI is InChI=1S/C23H22N2O3/c1-15-6-8-21(24-13-15)16-7-9-22-18(10-16)12-20(28-22)14-25-23(26)17-4-3-5-19(11-17)27-2/h3-11,13,20H,12,14H2,1-2H3,(H,25,26)/t20-/m1/s1. The Morgan fingerprint density at radius 2 is 2.11 bits per heavy atom. The van der Waals surface area contributed by atoms with Crippen LogP contribution in [-0.2, 0) is 6.42 Å². The van der Waals surface area contributed by atoms with Gasteiger partial charge in [0.2, 0.25) is 0 Å². The number of carbonyl (C=O) groups excluding carboxylic acids is 1. The first-order valence-corrected chi connectivity index (χ1v) is 9.27. The Labute approximate surface area is 164 Å². The number of hydrogen-bond donors (Lipinski definition) is 1. The van der Waals surface area contributed by atoms with Crippen molar-refractivity contribution in [2.24, 2.45) is 0 Å². The fourth-order valence-corrected chi connectivity index (χ4v) is 3.31. The number of benzene rings is 2. The number of fused-ring (bicyclic) bond motifs is 1. The minimum absolute atomic E-state index is 0.0780. The van der Waals surface area contributed by atoms with Crippen LogP contribution < -0.4 is 14.8 Å². The molecule has 0 radical (unpaired) electrons. The molecule has 0 aliphatic carbocycles. The molecular weight excluding hydrogens is 352 g/mol. The average molecular weight is 374 g/mol. The molecule has 3 aromatic rings. The van der Waals surface area contributed by atoms with Crippen molar-refractivity contribution < 1.29 is 14.3 Å². The molecule has 5 heteroatoms. The summed E-state index contributed by atoms with van der Waals surface area (Å²) in [5, 5.41) is 2.95. The minimum Gasteiger partial charge on any atom is -0.497 e. The maximum Gasteiger partial charge on any atom is 0.251 e. The largest absolute Gasteiger partial charge is 0.497 e. The highest BCUT2D eigenvalue weighted by Gasteiger charge is 2.24. The molecule has 1 amide bonds. The van der Waals surface area contributed by atoms with Gasteiger partial charge in [-0.25, -0.2) is 0 Å². The van der Waals surface area contributed by atoms with E-state index in [4.69, 9.17) is 9.47 Å². The highest BCUT2D eigenvalue weighted by atomic mass is 16.5. The van der Waals surface area contributed by atoms with Crippen molar-refractivity contribution in [2.75, 3.05) is 13.7 Å². The van der Waals surface area contributed by atoms with Gasteiger partial charge in [0, 0.05) is 23.7 Å². The topological polar surface area (TPSA) is 60.5 Å². The highest BCUT2D eigenvalue weighted by Crippen LogP contribution is 2.32. The highest BCUT2D eigenvalue weighted by molar-refractivity contribution is 5.94. The number of aromatic nitrogens is 1. The molecule has 1 atom stereocenters. The first-order valence-electron chi connectivity index (χ1n) is 9.27. The summed E-state index contributed by atoms with van der Waals surface area (Å²) < 4.78 is 11.2. The van der Waals surface area contributed by atoms with Crippen molar-refractivity contribution in [1.29, 1.82) is 0 Å². The number of nitrogens with zero attached hydrogens (tertiary/aromatic N) is 1. The molecule has 0 saturated carbocycles. The summed E-state index contributed by atoms with van der Waals surface area (Å²) in [6.45, 7) is 2.47. The van der Waals surface area contributed by atoms with E-state index in [1.807, 2.05) is 37.4 Å². The molecule has 1 aliphatic rings. The van der Waals surface area contributed by atoms with Crippen LogP contribution in [0.1, 0.15) is 21.5 Å². The van der Waals surface area contributed by atoms with Crippen LogP contribution >= 0.6 is 0 Å². The lowest BCUT2D eigenvalue weighted by atomic mass is 10.0. The van der Waals surface area contributed by atoms with Gasteiger partial charge in [-0.1, -0.05) is 12.1 Å². The second-order valence-corrected chi connectivity index (χ2v) is 6.93. The van der Waals surface area contributed by atoms with Gasteiger partial charge in [-0.05, 0) is 60.5 Å². The summed E-state index contributed by atoms with van der Waals surface area (Å²) in [7, 11) is 1.58. The summed E-state index contributed by atoms with van der Waals surface area (Å²) in [5.74, 6) is 1.40. The summed E-state index contributed by atoms with van der Waals surface area (Å²) in [5.41, 5.74) is 4.87. The number of aryl methyl sites for hydroxylation is 1. The summed E-state index contributed by atoms with van der Waals surface area (Å²) in [4.78, 5) is 16.9. The first kappa shape index (κ1) is 18.0. The SMILES string of the molecule is COc1cccc(C(=O)NC[C@H]2Cc3cc(-c4ccc(C)cn4)ccc3O2)c1. The predicted molar refractivity (Wildman–Crippen MR) is 108 cm³/mol. The molecule has 1 N–H and O–H groups in total. The lowest BCUT2D eigenvalue weighted by Gasteiger charge is -2.12. The molecular formula is C23H22N2O3. The van der Waals surface area contributed by atoms with Gasteiger partial charge >= 0.3 is 0 Å². The second kappa shape index (κ2) is 7.72. The van der Waals surface area contributed by atoms with Crippen molar-refractivity contribution in [3.05, 3.63) is 77.5 Å². The van der Waals surface area contributed by atoms with Crippen molar-refractivity contribution in [3.63, 3.8) is 0 Å². The number of ether oxygens (including phenoxy) is 2. The van der Waals surface area contributed by atoms with Crippen molar-refractivity contribution in [3.8, 4) is 22.8 Å². The van der Waals surface area contributed by atoms with Gasteiger partial charge in [0.15, 0.2) is 0 Å². The fraction of sp³-hybridized carbons (Fsp3) is 0.217. The monoisotopic (exact) mass is 374 g/mol. The zero-order chi connectivity index (χ0) is 19.5. The third-order valence-electron chi connectivity index (χ3n) is 4.83. The van der Waals surface area contributed by atoms with Gasteiger partial charge < -0.3 is 14.8 Å². The van der Waals surface area contributed by atoms with Crippen LogP contribution in [0.15, 0.2) is 60.8 Å². The first-order chi connectivity index (χ1) is 13.6. The smallest absolute Gasteiger partial charge is 0.251 e. The van der Waals surface area contributed by atoms with Gasteiger partial charge in [0.25, 0.3) is 5.91 Å². The second-order valence-electron chi connectivity index (χ2n) is 6.93. The Balaban J connectivity index is 1.39. The predicted octanol–water partition coefficient (Wildman–Crippen LogP) is 3.80. The van der Waals surface area contributed by atoms with E-state index in [0.29, 0.717) is 17.9 Å². The van der Waals surface area contributed by atoms with E-state index in [9.17, 15) is 4.79 Å². The maximum absolute atomic E-state index is 12.4. The van der Waals surface area contributed by atoms with E-state index in [1.165, 1.54) is 0 Å². The van der Waals surface area contributed by atoms with Crippen molar-refractivity contribution >= 4 is 5.91 Å². The molecule has 142 valence electrons. The molecule has 0 saturated heterocycles. The van der Waals surface area contributed by atoms with E-state index in [-0.39, 0.29) is 12.0 Å². The van der Waals surface area contributed by atoms with Crippen LogP contribution in [0.2, 0.25) is 0 Å². The zero-order valence-corrected chi connectivity index (χ0v) is 15.9. The molecule has 5 nitrogen and oxygen atoms in total. The Morgan fingerprint density at radius 3 is 2.89 bits per heavy atom. The van der Waals surface area contributed by atoms with Crippen LogP contribution in [-0.4, -0.2) is 30.6 Å². The number of amides is 1. The van der Waals surface area contributed by atoms with Gasteiger partial charge in [-0.3, -0.25) is 9.78 Å². The zero-order valence-electron chi connectivity index (χ0n) is 15.9. The van der Waals surface area contributed by atoms with E-state index in [2.05, 4.69) is 22.4 Å². The third-order valence-corrected chi connectivity index (χ3v) is 4.83. The van der Waals surface area contributed by atoms with Crippen LogP contribution in [0.25, 0.3) is 11.3 Å². The lowest BCUT2D eigenvalue weighted by molar-refractivity contribution is 0.0933. The van der Waals surface area contributed by atoms with E-state index in [0.717, 1.165) is 34.6 Å². The Bertz CT molecular complexity index is 999. The molecule has 0 unspecified atom stereocenters. The summed E-state index contributed by atoms with van der Waals surface area (Å²) >= 11 is 0. The number of methoxy groups -OCH3 is 1. The Morgan fingerprint density at radius 1 is 1.21 bits per heavy atom. The number of nitrogens with one attached hydrogen (secondary N) is 1. The van der Waals surface area contributed by atoms with Crippen molar-refractivity contribution in [1.82, 2.24) is 10.3 Å². The number of rotatable bonds is 5. The molecule has 2 heterocycles. The van der Waals surface area contributed by atoms with Crippen LogP contribution in [0.3, 0.4) is 0 Å². The molecule has 28 heavy (non-hydrogen) atoms. The molecule has 4 rings (SSSR count). The van der Waals surface area contributed by atoms with Crippen molar-refractivity contribution in [2.45, 2.75) is 19.4 Å². The van der Waals surface area contributed by atoms with E-state index in [1.54, 1.807) is 25.3 Å². The van der Waals surface area contributed by atoms with Crippen LogP contribution in [0.4, 0.5) is 0 Å². The molecule has 1 aromatic heterocycles. The molecule has 0 spiro atoms. The lowest BCUT2D eigenvalue weighted by Crippen LogP contribution is -2.34. The van der Waals surface area contributed by atoms with Gasteiger partial charge in [-0.2, -0.15) is 0 Å². The molecule has 0 fully saturated rings. The Kier molecular flexibility index (Phi) is 4.98. The van der Waals surface area contributed by atoms with Crippen LogP contribution in [0.5, 0.6) is 11.5 Å². The quantitative estimate of drug-likeness (QED) is 0.738. The fourth-order valence-electron chi connectivity index (χ4n) is 3.31. The number of hydrogen-bond acceptors (Lipinski definition) is 4. The van der Waals surface area contributed by atoms with E-state index < -0.39 is 0 Å². The maximum atomic E-state index is 12.4. The third kappa shape index (κ3) is 3.83. The van der Waals surface area contributed by atoms with E-state index >= 15 is 0 Å². The Hall–Kier alpha value is -3.34. The van der Waals surface area contributed by atoms with Crippen LogP contribution in [0, 0.1) is 6.92 Å². The summed E-state index contributed by atoms with van der Waals surface area (Å²) in [6.07, 6.45) is 2.55. The van der Waals surface area contributed by atoms with Gasteiger partial charge in [0.05, 0.1) is 19.3 Å². The number of carbonyl (C=O) groups is 1. The number of pyridine rings is 1. The normalized spacial score (nSPS) is 14.9. The molecule has 2 aromatic carbocycles. The summed E-state index contributed by atoms with van der Waals surface area (Å²) in [6, 6.07) is 17.3. The molecule has 1 aliphatic heterocycles. The average Bonchev–Trinajstić information content (AvgIpc) is 3.14. The van der Waals surface area contributed by atoms with Gasteiger partial charge in [-0.15, -0.1) is 0 Å².